The van der Waals surface area contributed by atoms with Gasteiger partial charge in [-0.05, 0) is 31.5 Å². The summed E-state index contributed by atoms with van der Waals surface area (Å²) in [4.78, 5) is 16.4. The molecule has 5 nitrogen and oxygen atoms in total. The number of nitrogens with one attached hydrogen (secondary N) is 2. The molecule has 2 heterocycles. The van der Waals surface area contributed by atoms with Crippen LogP contribution in [0.25, 0.3) is 11.0 Å². The van der Waals surface area contributed by atoms with Crippen LogP contribution in [0.5, 0.6) is 0 Å². The molecule has 1 saturated heterocycles. The van der Waals surface area contributed by atoms with E-state index in [4.69, 9.17) is 0 Å². The Morgan fingerprint density at radius 2 is 2.21 bits per heavy atom. The number of para-hydroxylation sites is 1. The monoisotopic (exact) mass is 376 g/mol. The van der Waals surface area contributed by atoms with Crippen LogP contribution in [-0.2, 0) is 18.3 Å². The van der Waals surface area contributed by atoms with Crippen LogP contribution in [0.3, 0.4) is 0 Å². The maximum atomic E-state index is 13.7. The van der Waals surface area contributed by atoms with E-state index in [0.29, 0.717) is 18.5 Å². The van der Waals surface area contributed by atoms with Crippen molar-refractivity contribution in [3.63, 3.8) is 0 Å². The van der Waals surface area contributed by atoms with Crippen LogP contribution in [0.4, 0.5) is 4.39 Å². The van der Waals surface area contributed by atoms with E-state index in [1.54, 1.807) is 6.07 Å². The SMILES string of the molecule is Cl.Cl.Cn1c(CCNC(=O)[C@H]2CCCCN2)nc2c(F)cccc21. The molecule has 1 aromatic carbocycles. The Balaban J connectivity index is 0.00000144. The average molecular weight is 377 g/mol. The molecule has 134 valence electrons. The molecule has 0 bridgehead atoms. The molecule has 0 unspecified atom stereocenters. The van der Waals surface area contributed by atoms with Crippen LogP contribution in [0.1, 0.15) is 25.1 Å². The second kappa shape index (κ2) is 9.20. The zero-order chi connectivity index (χ0) is 15.5. The van der Waals surface area contributed by atoms with Gasteiger partial charge in [-0.3, -0.25) is 4.79 Å². The van der Waals surface area contributed by atoms with Gasteiger partial charge in [-0.15, -0.1) is 24.8 Å². The molecule has 8 heteroatoms. The summed E-state index contributed by atoms with van der Waals surface area (Å²) < 4.78 is 15.6. The average Bonchev–Trinajstić information content (AvgIpc) is 2.86. The summed E-state index contributed by atoms with van der Waals surface area (Å²) in [5.41, 5.74) is 1.16. The number of hydrogen-bond acceptors (Lipinski definition) is 3. The van der Waals surface area contributed by atoms with Gasteiger partial charge < -0.3 is 15.2 Å². The predicted molar refractivity (Wildman–Crippen MR) is 97.5 cm³/mol. The summed E-state index contributed by atoms with van der Waals surface area (Å²) in [6, 6.07) is 4.86. The highest BCUT2D eigenvalue weighted by molar-refractivity contribution is 5.85. The number of halogens is 3. The van der Waals surface area contributed by atoms with Gasteiger partial charge in [-0.1, -0.05) is 12.5 Å². The summed E-state index contributed by atoms with van der Waals surface area (Å²) in [5.74, 6) is 0.511. The van der Waals surface area contributed by atoms with Crippen molar-refractivity contribution in [1.82, 2.24) is 20.2 Å². The van der Waals surface area contributed by atoms with Crippen LogP contribution in [0.2, 0.25) is 0 Å². The van der Waals surface area contributed by atoms with Gasteiger partial charge in [0.05, 0.1) is 11.6 Å². The molecule has 1 aliphatic rings. The minimum Gasteiger partial charge on any atom is -0.354 e. The van der Waals surface area contributed by atoms with Gasteiger partial charge in [-0.2, -0.15) is 0 Å². The molecule has 0 radical (unpaired) electrons. The maximum absolute atomic E-state index is 13.7. The van der Waals surface area contributed by atoms with Crippen molar-refractivity contribution in [1.29, 1.82) is 0 Å². The fraction of sp³-hybridized carbons (Fsp3) is 0.500. The van der Waals surface area contributed by atoms with E-state index in [0.717, 1.165) is 37.1 Å². The second-order valence-corrected chi connectivity index (χ2v) is 5.74. The van der Waals surface area contributed by atoms with Gasteiger partial charge in [0.25, 0.3) is 0 Å². The zero-order valence-corrected chi connectivity index (χ0v) is 15.2. The molecule has 0 saturated carbocycles. The number of hydrogen-bond donors (Lipinski definition) is 2. The highest BCUT2D eigenvalue weighted by Gasteiger charge is 2.20. The van der Waals surface area contributed by atoms with E-state index in [9.17, 15) is 9.18 Å². The lowest BCUT2D eigenvalue weighted by Gasteiger charge is -2.22. The minimum absolute atomic E-state index is 0. The summed E-state index contributed by atoms with van der Waals surface area (Å²) in [5, 5.41) is 6.16. The van der Waals surface area contributed by atoms with Crippen molar-refractivity contribution < 1.29 is 9.18 Å². The van der Waals surface area contributed by atoms with Crippen molar-refractivity contribution in [3.05, 3.63) is 29.8 Å². The lowest BCUT2D eigenvalue weighted by molar-refractivity contribution is -0.123. The highest BCUT2D eigenvalue weighted by atomic mass is 35.5. The Morgan fingerprint density at radius 1 is 1.42 bits per heavy atom. The second-order valence-electron chi connectivity index (χ2n) is 5.74. The third kappa shape index (κ3) is 4.37. The number of imidazole rings is 1. The summed E-state index contributed by atoms with van der Waals surface area (Å²) in [7, 11) is 1.87. The Kier molecular flexibility index (Phi) is 7.93. The molecule has 1 amide bonds. The molecule has 24 heavy (non-hydrogen) atoms. The number of amides is 1. The standard InChI is InChI=1S/C16H21FN4O.2ClH/c1-21-13-7-4-5-11(17)15(13)20-14(21)8-10-19-16(22)12-6-2-3-9-18-12;;/h4-5,7,12,18H,2-3,6,8-10H2,1H3,(H,19,22);2*1H/t12-;;/m1../s1. The first-order valence-electron chi connectivity index (χ1n) is 7.78. The number of fused-ring (bicyclic) bond motifs is 1. The van der Waals surface area contributed by atoms with Gasteiger partial charge in [-0.25, -0.2) is 9.37 Å². The Labute approximate surface area is 153 Å². The minimum atomic E-state index is -0.310. The Morgan fingerprint density at radius 3 is 2.88 bits per heavy atom. The Hall–Kier alpha value is -1.37. The quantitative estimate of drug-likeness (QED) is 0.860. The maximum Gasteiger partial charge on any atom is 0.237 e. The van der Waals surface area contributed by atoms with Gasteiger partial charge in [0, 0.05) is 20.0 Å². The molecule has 0 spiro atoms. The molecule has 1 fully saturated rings. The van der Waals surface area contributed by atoms with E-state index in [-0.39, 0.29) is 42.6 Å². The molecular weight excluding hydrogens is 354 g/mol. The summed E-state index contributed by atoms with van der Waals surface area (Å²) in [6.45, 7) is 1.41. The smallest absolute Gasteiger partial charge is 0.237 e. The lowest BCUT2D eigenvalue weighted by Crippen LogP contribution is -2.47. The number of piperidine rings is 1. The number of carbonyl (C=O) groups is 1. The molecule has 1 aliphatic heterocycles. The van der Waals surface area contributed by atoms with E-state index < -0.39 is 0 Å². The Bertz CT molecular complexity index is 686. The van der Waals surface area contributed by atoms with E-state index in [2.05, 4.69) is 15.6 Å². The fourth-order valence-electron chi connectivity index (χ4n) is 2.95. The van der Waals surface area contributed by atoms with Crippen molar-refractivity contribution in [2.75, 3.05) is 13.1 Å². The van der Waals surface area contributed by atoms with Crippen molar-refractivity contribution >= 4 is 41.8 Å². The normalized spacial score (nSPS) is 17.0. The molecule has 3 rings (SSSR count). The van der Waals surface area contributed by atoms with Crippen molar-refractivity contribution in [2.45, 2.75) is 31.7 Å². The van der Waals surface area contributed by atoms with Crippen molar-refractivity contribution in [2.24, 2.45) is 7.05 Å². The third-order valence-electron chi connectivity index (χ3n) is 4.23. The summed E-state index contributed by atoms with van der Waals surface area (Å²) in [6.07, 6.45) is 3.71. The number of aromatic nitrogens is 2. The zero-order valence-electron chi connectivity index (χ0n) is 13.5. The van der Waals surface area contributed by atoms with Gasteiger partial charge in [0.1, 0.15) is 11.3 Å². The highest BCUT2D eigenvalue weighted by Crippen LogP contribution is 2.18. The number of carbonyl (C=O) groups excluding carboxylic acids is 1. The van der Waals surface area contributed by atoms with Crippen LogP contribution in [-0.4, -0.2) is 34.6 Å². The molecule has 2 aromatic rings. The lowest BCUT2D eigenvalue weighted by atomic mass is 10.0. The molecule has 1 atom stereocenters. The number of rotatable bonds is 4. The fourth-order valence-corrected chi connectivity index (χ4v) is 2.95. The first-order chi connectivity index (χ1) is 10.7. The number of aryl methyl sites for hydroxylation is 1. The molecule has 2 N–H and O–H groups in total. The molecule has 0 aliphatic carbocycles. The van der Waals surface area contributed by atoms with Crippen molar-refractivity contribution in [3.8, 4) is 0 Å². The van der Waals surface area contributed by atoms with Gasteiger partial charge >= 0.3 is 0 Å². The van der Waals surface area contributed by atoms with E-state index in [1.807, 2.05) is 17.7 Å². The first kappa shape index (κ1) is 20.7. The van der Waals surface area contributed by atoms with Crippen LogP contribution < -0.4 is 10.6 Å². The third-order valence-corrected chi connectivity index (χ3v) is 4.23. The molecular formula is C16H23Cl2FN4O. The van der Waals surface area contributed by atoms with Crippen LogP contribution in [0.15, 0.2) is 18.2 Å². The van der Waals surface area contributed by atoms with Crippen LogP contribution in [0, 0.1) is 5.82 Å². The van der Waals surface area contributed by atoms with Gasteiger partial charge in [0.15, 0.2) is 5.82 Å². The first-order valence-corrected chi connectivity index (χ1v) is 7.78. The summed E-state index contributed by atoms with van der Waals surface area (Å²) >= 11 is 0. The molecule has 1 aromatic heterocycles. The van der Waals surface area contributed by atoms with E-state index >= 15 is 0 Å². The largest absolute Gasteiger partial charge is 0.354 e. The predicted octanol–water partition coefficient (Wildman–Crippen LogP) is 2.36. The number of benzene rings is 1. The van der Waals surface area contributed by atoms with E-state index in [1.165, 1.54) is 6.07 Å². The number of nitrogens with zero attached hydrogens (tertiary/aromatic N) is 2. The van der Waals surface area contributed by atoms with Gasteiger partial charge in [0.2, 0.25) is 5.91 Å². The van der Waals surface area contributed by atoms with Crippen LogP contribution >= 0.6 is 24.8 Å². The topological polar surface area (TPSA) is 59.0 Å².